The van der Waals surface area contributed by atoms with E-state index in [2.05, 4.69) is 264 Å². The largest absolute Gasteiger partial charge is 0.334 e. The van der Waals surface area contributed by atoms with E-state index in [1.807, 2.05) is 0 Å². The van der Waals surface area contributed by atoms with Crippen molar-refractivity contribution in [2.75, 3.05) is 14.7 Å². The zero-order valence-electron chi connectivity index (χ0n) is 41.1. The number of hydrogen-bond donors (Lipinski definition) is 0. The molecule has 0 fully saturated rings. The summed E-state index contributed by atoms with van der Waals surface area (Å²) in [6.07, 6.45) is 3.57. The first kappa shape index (κ1) is 41.8. The first-order chi connectivity index (χ1) is 33.3. The first-order valence-corrected chi connectivity index (χ1v) is 24.9. The van der Waals surface area contributed by atoms with Gasteiger partial charge in [-0.05, 0) is 146 Å². The van der Waals surface area contributed by atoms with Crippen molar-refractivity contribution in [3.63, 3.8) is 0 Å². The van der Waals surface area contributed by atoms with Crippen LogP contribution in [0, 0.1) is 0 Å². The van der Waals surface area contributed by atoms with Crippen molar-refractivity contribution in [1.29, 1.82) is 0 Å². The Labute approximate surface area is 408 Å². The summed E-state index contributed by atoms with van der Waals surface area (Å²) in [5.41, 5.74) is 25.7. The molecule has 0 spiro atoms. The third kappa shape index (κ3) is 5.86. The van der Waals surface area contributed by atoms with Crippen molar-refractivity contribution in [2.24, 2.45) is 0 Å². The summed E-state index contributed by atoms with van der Waals surface area (Å²) in [4.78, 5) is 7.73. The molecule has 3 heterocycles. The van der Waals surface area contributed by atoms with Gasteiger partial charge in [-0.25, -0.2) is 0 Å². The van der Waals surface area contributed by atoms with E-state index in [0.29, 0.717) is 0 Å². The number of allylic oxidation sites excluding steroid dienone is 1. The Morgan fingerprint density at radius 3 is 1.54 bits per heavy atom. The van der Waals surface area contributed by atoms with Crippen molar-refractivity contribution < 1.29 is 0 Å². The van der Waals surface area contributed by atoms with Crippen molar-refractivity contribution in [3.05, 3.63) is 244 Å². The Hall–Kier alpha value is -7.36. The van der Waals surface area contributed by atoms with E-state index < -0.39 is 0 Å². The van der Waals surface area contributed by atoms with Crippen molar-refractivity contribution in [2.45, 2.75) is 89.5 Å². The lowest BCUT2D eigenvalue weighted by Crippen LogP contribution is -2.50. The smallest absolute Gasteiger partial charge is 0.0567 e. The van der Waals surface area contributed by atoms with E-state index in [0.717, 1.165) is 17.8 Å². The molecule has 69 heavy (non-hydrogen) atoms. The van der Waals surface area contributed by atoms with E-state index >= 15 is 0 Å². The van der Waals surface area contributed by atoms with Gasteiger partial charge in [0.25, 0.3) is 0 Å². The molecule has 0 amide bonds. The molecule has 3 aliphatic heterocycles. The molecular formula is C66H59N3. The minimum Gasteiger partial charge on any atom is -0.334 e. The van der Waals surface area contributed by atoms with Crippen LogP contribution in [0.4, 0.5) is 39.8 Å². The fourth-order valence-electron chi connectivity index (χ4n) is 13.2. The third-order valence-corrected chi connectivity index (χ3v) is 17.0. The minimum absolute atomic E-state index is 0.0925. The summed E-state index contributed by atoms with van der Waals surface area (Å²) < 4.78 is 0. The van der Waals surface area contributed by atoms with Crippen LogP contribution in [0.15, 0.2) is 211 Å². The van der Waals surface area contributed by atoms with Crippen LogP contribution in [-0.2, 0) is 21.7 Å². The van der Waals surface area contributed by atoms with Gasteiger partial charge in [0.2, 0.25) is 0 Å². The van der Waals surface area contributed by atoms with Gasteiger partial charge in [-0.3, -0.25) is 0 Å². The van der Waals surface area contributed by atoms with Crippen LogP contribution in [0.5, 0.6) is 0 Å². The average molecular weight is 894 g/mol. The summed E-state index contributed by atoms with van der Waals surface area (Å²) in [5.74, 6) is 0. The molecular weight excluding hydrogens is 835 g/mol. The van der Waals surface area contributed by atoms with Gasteiger partial charge in [0.05, 0.1) is 23.1 Å². The number of fused-ring (bicyclic) bond motifs is 3. The normalized spacial score (nSPS) is 18.7. The monoisotopic (exact) mass is 893 g/mol. The molecule has 338 valence electrons. The van der Waals surface area contributed by atoms with E-state index in [4.69, 9.17) is 0 Å². The Balaban J connectivity index is 0.970. The minimum atomic E-state index is -0.296. The molecule has 0 saturated heterocycles. The zero-order valence-corrected chi connectivity index (χ0v) is 41.1. The van der Waals surface area contributed by atoms with Crippen molar-refractivity contribution in [1.82, 2.24) is 0 Å². The van der Waals surface area contributed by atoms with Crippen LogP contribution in [-0.4, -0.2) is 6.04 Å². The molecule has 0 saturated carbocycles. The lowest BCUT2D eigenvalue weighted by Gasteiger charge is -2.58. The van der Waals surface area contributed by atoms with E-state index in [9.17, 15) is 0 Å². The molecule has 0 bridgehead atoms. The van der Waals surface area contributed by atoms with E-state index in [1.165, 1.54) is 101 Å². The van der Waals surface area contributed by atoms with Gasteiger partial charge in [-0.1, -0.05) is 177 Å². The first-order valence-electron chi connectivity index (χ1n) is 24.9. The maximum Gasteiger partial charge on any atom is 0.0567 e. The Bertz CT molecular complexity index is 3420. The molecule has 1 unspecified atom stereocenters. The number of hydrogen-bond acceptors (Lipinski definition) is 3. The Morgan fingerprint density at radius 2 is 0.884 bits per heavy atom. The van der Waals surface area contributed by atoms with Gasteiger partial charge in [-0.15, -0.1) is 0 Å². The molecule has 2 aliphatic carbocycles. The highest BCUT2D eigenvalue weighted by molar-refractivity contribution is 5.95. The summed E-state index contributed by atoms with van der Waals surface area (Å²) >= 11 is 0. The van der Waals surface area contributed by atoms with Gasteiger partial charge >= 0.3 is 0 Å². The maximum atomic E-state index is 2.73. The number of nitrogens with zero attached hydrogens (tertiary/aromatic N) is 3. The highest BCUT2D eigenvalue weighted by Gasteiger charge is 2.55. The fourth-order valence-corrected chi connectivity index (χ4v) is 13.2. The standard InChI is InChI=1S/C66H59N3/c1-63(2)52-28-19-18-27-50(52)51-36-35-48(39-55(51)63)67(44-21-12-9-13-22-44)47-33-31-42(32-34-47)43-37-56-61-57(38-43)66(7,8)59-41-49(68(45-23-14-10-15-24-45)46-25-16-11-17-26-46)40-58-62(59)69(61)60-53(64(56,3)4)29-20-30-54(60)65(58,5)6/h9-39,41,49H,40H2,1-8H3. The van der Waals surface area contributed by atoms with Gasteiger partial charge in [-0.2, -0.15) is 0 Å². The lowest BCUT2D eigenvalue weighted by molar-refractivity contribution is 0.502. The lowest BCUT2D eigenvalue weighted by atomic mass is 9.58. The van der Waals surface area contributed by atoms with Crippen LogP contribution < -0.4 is 14.7 Å². The zero-order chi connectivity index (χ0) is 47.2. The molecule has 5 aliphatic rings. The summed E-state index contributed by atoms with van der Waals surface area (Å²) in [6.45, 7) is 19.6. The van der Waals surface area contributed by atoms with Gasteiger partial charge in [0, 0.05) is 50.1 Å². The average Bonchev–Trinajstić information content (AvgIpc) is 3.59. The van der Waals surface area contributed by atoms with E-state index in [1.54, 1.807) is 0 Å². The van der Waals surface area contributed by atoms with Crippen LogP contribution >= 0.6 is 0 Å². The van der Waals surface area contributed by atoms with Crippen LogP contribution in [0.3, 0.4) is 0 Å². The fraction of sp³-hybridized carbons (Fsp3) is 0.212. The quantitative estimate of drug-likeness (QED) is 0.158. The SMILES string of the molecule is CC1(C)C2=CC(N(c3ccccc3)c3ccccc3)CC3=C2N2c4c1cc(-c1ccc(N(c5ccccc5)c5ccc6c(c5)C(C)(C)c5ccccc5-6)cc1)cc4C(C)(C)c1cccc(c12)C3(C)C. The van der Waals surface area contributed by atoms with E-state index in [-0.39, 0.29) is 27.7 Å². The summed E-state index contributed by atoms with van der Waals surface area (Å²) in [7, 11) is 0. The second-order valence-electron chi connectivity index (χ2n) is 22.2. The molecule has 1 atom stereocenters. The van der Waals surface area contributed by atoms with Crippen LogP contribution in [0.2, 0.25) is 0 Å². The highest BCUT2D eigenvalue weighted by atomic mass is 15.2. The highest BCUT2D eigenvalue weighted by Crippen LogP contribution is 2.66. The molecule has 8 aromatic rings. The topological polar surface area (TPSA) is 9.72 Å². The Kier molecular flexibility index (Phi) is 8.83. The molecule has 0 radical (unpaired) electrons. The van der Waals surface area contributed by atoms with Gasteiger partial charge in [0.1, 0.15) is 0 Å². The van der Waals surface area contributed by atoms with Crippen molar-refractivity contribution in [3.8, 4) is 22.3 Å². The predicted octanol–water partition coefficient (Wildman–Crippen LogP) is 17.3. The van der Waals surface area contributed by atoms with Crippen LogP contribution in [0.25, 0.3) is 22.3 Å². The van der Waals surface area contributed by atoms with Crippen LogP contribution in [0.1, 0.15) is 95.2 Å². The van der Waals surface area contributed by atoms with Gasteiger partial charge < -0.3 is 14.7 Å². The molecule has 8 aromatic carbocycles. The number of para-hydroxylation sites is 4. The maximum absolute atomic E-state index is 2.73. The molecule has 0 aromatic heterocycles. The number of rotatable bonds is 7. The predicted molar refractivity (Wildman–Crippen MR) is 289 cm³/mol. The molecule has 13 rings (SSSR count). The van der Waals surface area contributed by atoms with Gasteiger partial charge in [0.15, 0.2) is 0 Å². The summed E-state index contributed by atoms with van der Waals surface area (Å²) in [6, 6.07) is 70.5. The third-order valence-electron chi connectivity index (χ3n) is 17.0. The number of benzene rings is 8. The second-order valence-corrected chi connectivity index (χ2v) is 22.2. The molecule has 3 nitrogen and oxygen atoms in total. The Morgan fingerprint density at radius 1 is 0.391 bits per heavy atom. The number of anilines is 7. The molecule has 3 heteroatoms. The van der Waals surface area contributed by atoms with Crippen molar-refractivity contribution >= 4 is 39.8 Å². The second kappa shape index (κ2) is 14.6. The summed E-state index contributed by atoms with van der Waals surface area (Å²) in [5, 5.41) is 0. The molecule has 0 N–H and O–H groups in total.